The van der Waals surface area contributed by atoms with E-state index in [0.717, 1.165) is 0 Å². The van der Waals surface area contributed by atoms with Crippen molar-refractivity contribution in [2.45, 2.75) is 0 Å². The van der Waals surface area contributed by atoms with Crippen LogP contribution in [-0.2, 0) is 0 Å². The van der Waals surface area contributed by atoms with E-state index in [2.05, 4.69) is 15.8 Å². The van der Waals surface area contributed by atoms with Crippen molar-refractivity contribution < 1.29 is 14.4 Å². The summed E-state index contributed by atoms with van der Waals surface area (Å²) in [6.45, 7) is 0. The first-order chi connectivity index (χ1) is 10.1. The summed E-state index contributed by atoms with van der Waals surface area (Å²) in [5.74, 6) is -0.457. The zero-order valence-corrected chi connectivity index (χ0v) is 10.9. The van der Waals surface area contributed by atoms with Crippen LogP contribution in [0.3, 0.4) is 0 Å². The third-order valence-electron chi connectivity index (χ3n) is 2.63. The van der Waals surface area contributed by atoms with Crippen LogP contribution in [-0.4, -0.2) is 17.1 Å². The number of halogens is 1. The van der Waals surface area contributed by atoms with E-state index >= 15 is 0 Å². The van der Waals surface area contributed by atoms with Crippen molar-refractivity contribution in [2.75, 3.05) is 10.6 Å². The molecule has 108 valence electrons. The highest BCUT2D eigenvalue weighted by molar-refractivity contribution is 6.01. The molecule has 0 radical (unpaired) electrons. The topological polar surface area (TPSA) is 99.7 Å². The average Bonchev–Trinajstić information content (AvgIpc) is 2.47. The van der Waals surface area contributed by atoms with E-state index in [-0.39, 0.29) is 5.84 Å². The van der Waals surface area contributed by atoms with Gasteiger partial charge in [-0.25, -0.2) is 9.18 Å². The molecule has 0 saturated carbocycles. The number of amidine groups is 1. The average molecular weight is 288 g/mol. The monoisotopic (exact) mass is 288 g/mol. The molecule has 0 aromatic heterocycles. The van der Waals surface area contributed by atoms with Crippen LogP contribution in [0.15, 0.2) is 53.7 Å². The highest BCUT2D eigenvalue weighted by Crippen LogP contribution is 2.12. The number of oxime groups is 1. The Hall–Kier alpha value is -3.09. The highest BCUT2D eigenvalue weighted by Gasteiger charge is 2.04. The molecule has 0 saturated heterocycles. The fraction of sp³-hybridized carbons (Fsp3) is 0. The van der Waals surface area contributed by atoms with E-state index in [0.29, 0.717) is 16.9 Å². The van der Waals surface area contributed by atoms with Gasteiger partial charge in [-0.1, -0.05) is 11.2 Å². The van der Waals surface area contributed by atoms with Gasteiger partial charge in [-0.15, -0.1) is 0 Å². The summed E-state index contributed by atoms with van der Waals surface area (Å²) in [5, 5.41) is 16.5. The van der Waals surface area contributed by atoms with Crippen LogP contribution >= 0.6 is 0 Å². The molecule has 2 amide bonds. The number of anilines is 2. The Morgan fingerprint density at radius 1 is 1.10 bits per heavy atom. The maximum Gasteiger partial charge on any atom is 0.323 e. The summed E-state index contributed by atoms with van der Waals surface area (Å²) in [5.41, 5.74) is 6.81. The van der Waals surface area contributed by atoms with Crippen LogP contribution in [0.4, 0.5) is 20.6 Å². The van der Waals surface area contributed by atoms with E-state index in [4.69, 9.17) is 10.9 Å². The summed E-state index contributed by atoms with van der Waals surface area (Å²) in [7, 11) is 0. The number of hydrogen-bond donors (Lipinski definition) is 4. The summed E-state index contributed by atoms with van der Waals surface area (Å²) >= 11 is 0. The van der Waals surface area contributed by atoms with E-state index in [1.54, 1.807) is 30.3 Å². The van der Waals surface area contributed by atoms with Gasteiger partial charge in [-0.3, -0.25) is 0 Å². The minimum absolute atomic E-state index is 0.0224. The number of rotatable bonds is 3. The molecule has 0 aliphatic carbocycles. The van der Waals surface area contributed by atoms with Gasteiger partial charge < -0.3 is 21.6 Å². The number of benzene rings is 2. The Morgan fingerprint density at radius 2 is 1.76 bits per heavy atom. The minimum atomic E-state index is -0.503. The lowest BCUT2D eigenvalue weighted by Gasteiger charge is -2.08. The lowest BCUT2D eigenvalue weighted by Crippen LogP contribution is -2.19. The van der Waals surface area contributed by atoms with Crippen LogP contribution in [0.5, 0.6) is 0 Å². The Labute approximate surface area is 120 Å². The lowest BCUT2D eigenvalue weighted by molar-refractivity contribution is 0.262. The number of carbonyl (C=O) groups is 1. The molecule has 0 aliphatic heterocycles. The molecule has 2 aromatic rings. The Kier molecular flexibility index (Phi) is 4.35. The molecule has 0 fully saturated rings. The van der Waals surface area contributed by atoms with Gasteiger partial charge in [0.05, 0.1) is 0 Å². The number of nitrogens with one attached hydrogen (secondary N) is 2. The summed E-state index contributed by atoms with van der Waals surface area (Å²) in [4.78, 5) is 11.7. The molecule has 0 spiro atoms. The molecule has 6 nitrogen and oxygen atoms in total. The van der Waals surface area contributed by atoms with Gasteiger partial charge in [-0.05, 0) is 42.5 Å². The number of amides is 2. The van der Waals surface area contributed by atoms with Crippen LogP contribution in [0.25, 0.3) is 0 Å². The first kappa shape index (κ1) is 14.3. The van der Waals surface area contributed by atoms with Crippen molar-refractivity contribution in [3.05, 3.63) is 59.9 Å². The normalized spacial score (nSPS) is 11.0. The minimum Gasteiger partial charge on any atom is -0.409 e. The van der Waals surface area contributed by atoms with Crippen molar-refractivity contribution in [3.63, 3.8) is 0 Å². The van der Waals surface area contributed by atoms with Crippen LogP contribution in [0, 0.1) is 5.82 Å². The molecule has 5 N–H and O–H groups in total. The largest absolute Gasteiger partial charge is 0.409 e. The molecule has 0 heterocycles. The second-order valence-corrected chi connectivity index (χ2v) is 4.15. The number of urea groups is 1. The number of hydrogen-bond acceptors (Lipinski definition) is 3. The second-order valence-electron chi connectivity index (χ2n) is 4.15. The molecule has 0 atom stereocenters. The Bertz CT molecular complexity index is 671. The van der Waals surface area contributed by atoms with Crippen LogP contribution < -0.4 is 16.4 Å². The molecule has 0 bridgehead atoms. The van der Waals surface area contributed by atoms with Crippen molar-refractivity contribution in [1.29, 1.82) is 0 Å². The van der Waals surface area contributed by atoms with Gasteiger partial charge in [0.1, 0.15) is 5.82 Å². The van der Waals surface area contributed by atoms with E-state index < -0.39 is 11.8 Å². The summed E-state index contributed by atoms with van der Waals surface area (Å²) < 4.78 is 13.0. The van der Waals surface area contributed by atoms with Crippen molar-refractivity contribution >= 4 is 23.2 Å². The maximum atomic E-state index is 13.0. The van der Waals surface area contributed by atoms with Crippen molar-refractivity contribution in [3.8, 4) is 0 Å². The van der Waals surface area contributed by atoms with E-state index in [1.165, 1.54) is 18.2 Å². The molecule has 0 unspecified atom stereocenters. The molecule has 2 rings (SSSR count). The number of nitrogens with zero attached hydrogens (tertiary/aromatic N) is 1. The van der Waals surface area contributed by atoms with E-state index in [9.17, 15) is 9.18 Å². The standard InChI is InChI=1S/C14H13FN4O2/c15-10-2-1-3-12(8-10)18-14(20)17-11-6-4-9(5-7-11)13(16)19-21/h1-8,21H,(H2,16,19)(H2,17,18,20). The lowest BCUT2D eigenvalue weighted by atomic mass is 10.2. The van der Waals surface area contributed by atoms with Crippen LogP contribution in [0.1, 0.15) is 5.56 Å². The van der Waals surface area contributed by atoms with Gasteiger partial charge in [0, 0.05) is 16.9 Å². The van der Waals surface area contributed by atoms with Crippen LogP contribution in [0.2, 0.25) is 0 Å². The van der Waals surface area contributed by atoms with Gasteiger partial charge in [0.25, 0.3) is 0 Å². The quantitative estimate of drug-likeness (QED) is 0.302. The summed E-state index contributed by atoms with van der Waals surface area (Å²) in [6.07, 6.45) is 0. The molecule has 7 heteroatoms. The first-order valence-corrected chi connectivity index (χ1v) is 6.00. The fourth-order valence-electron chi connectivity index (χ4n) is 1.64. The molecule has 21 heavy (non-hydrogen) atoms. The van der Waals surface area contributed by atoms with Crippen molar-refractivity contribution in [1.82, 2.24) is 0 Å². The van der Waals surface area contributed by atoms with Gasteiger partial charge in [-0.2, -0.15) is 0 Å². The number of carbonyl (C=O) groups excluding carboxylic acids is 1. The zero-order valence-electron chi connectivity index (χ0n) is 10.9. The predicted octanol–water partition coefficient (Wildman–Crippen LogP) is 2.56. The molecule has 0 aliphatic rings. The SMILES string of the molecule is N/C(=N/O)c1ccc(NC(=O)Nc2cccc(F)c2)cc1. The smallest absolute Gasteiger partial charge is 0.323 e. The Morgan fingerprint density at radius 3 is 2.38 bits per heavy atom. The maximum absolute atomic E-state index is 13.0. The molecule has 2 aromatic carbocycles. The van der Waals surface area contributed by atoms with Gasteiger partial charge in [0.15, 0.2) is 5.84 Å². The molecular formula is C14H13FN4O2. The highest BCUT2D eigenvalue weighted by atomic mass is 19.1. The Balaban J connectivity index is 2.00. The number of nitrogens with two attached hydrogens (primary N) is 1. The van der Waals surface area contributed by atoms with Gasteiger partial charge >= 0.3 is 6.03 Å². The third kappa shape index (κ3) is 3.93. The first-order valence-electron chi connectivity index (χ1n) is 6.00. The molecular weight excluding hydrogens is 275 g/mol. The fourth-order valence-corrected chi connectivity index (χ4v) is 1.64. The zero-order chi connectivity index (χ0) is 15.2. The second kappa shape index (κ2) is 6.38. The summed E-state index contributed by atoms with van der Waals surface area (Å²) in [6, 6.07) is 11.4. The predicted molar refractivity (Wildman–Crippen MR) is 78.0 cm³/mol. The van der Waals surface area contributed by atoms with Crippen molar-refractivity contribution in [2.24, 2.45) is 10.9 Å². The van der Waals surface area contributed by atoms with Gasteiger partial charge in [0.2, 0.25) is 0 Å². The van der Waals surface area contributed by atoms with E-state index in [1.807, 2.05) is 0 Å². The third-order valence-corrected chi connectivity index (χ3v) is 2.63.